The maximum absolute atomic E-state index is 2.61. The number of rotatable bonds is 16. The molecule has 0 amide bonds. The molecule has 1 aliphatic rings. The van der Waals surface area contributed by atoms with E-state index in [0.717, 1.165) is 10.5 Å². The highest BCUT2D eigenvalue weighted by Crippen LogP contribution is 2.33. The molecule has 0 aromatic heterocycles. The molecule has 2 atom stereocenters. The molecule has 0 N–H and O–H groups in total. The van der Waals surface area contributed by atoms with E-state index in [0.29, 0.717) is 0 Å². The van der Waals surface area contributed by atoms with Gasteiger partial charge in [-0.05, 0) is 50.0 Å². The fourth-order valence-electron chi connectivity index (χ4n) is 3.27. The van der Waals surface area contributed by atoms with Crippen molar-refractivity contribution in [3.63, 3.8) is 0 Å². The van der Waals surface area contributed by atoms with Crippen molar-refractivity contribution in [3.05, 3.63) is 12.8 Å². The monoisotopic (exact) mass is 370 g/mol. The Bertz CT molecular complexity index is 220. The standard InChI is InChI=1S/C22H42S2/c1-3-5-7-9-11-13-19-23-21-15-17-22(18-16-21)24-20-14-12-10-8-6-4-2/h15,18,21-22H,3-14,16-17,19-20H2,1-2H3. The van der Waals surface area contributed by atoms with Gasteiger partial charge in [0, 0.05) is 10.5 Å². The second-order valence-corrected chi connectivity index (χ2v) is 9.99. The second-order valence-electron chi connectivity index (χ2n) is 7.30. The van der Waals surface area contributed by atoms with E-state index in [2.05, 4.69) is 50.2 Å². The molecule has 1 saturated carbocycles. The van der Waals surface area contributed by atoms with Crippen LogP contribution in [0.1, 0.15) is 104 Å². The average Bonchev–Trinajstić information content (AvgIpc) is 2.61. The first-order valence-electron chi connectivity index (χ1n) is 10.8. The molecule has 0 aromatic rings. The van der Waals surface area contributed by atoms with Crippen LogP contribution in [0.4, 0.5) is 0 Å². The Hall–Kier alpha value is 0.700. The largest absolute Gasteiger partial charge is 0.158 e. The predicted octanol–water partition coefficient (Wildman–Crippen LogP) is 8.11. The van der Waals surface area contributed by atoms with Crippen molar-refractivity contribution < 1.29 is 0 Å². The van der Waals surface area contributed by atoms with Crippen molar-refractivity contribution in [2.45, 2.75) is 114 Å². The normalized spacial score (nSPS) is 21.2. The van der Waals surface area contributed by atoms with Gasteiger partial charge in [0.05, 0.1) is 0 Å². The van der Waals surface area contributed by atoms with E-state index in [4.69, 9.17) is 0 Å². The zero-order valence-electron chi connectivity index (χ0n) is 16.4. The molecule has 0 spiro atoms. The summed E-state index contributed by atoms with van der Waals surface area (Å²) in [5.74, 6) is 2.74. The quantitative estimate of drug-likeness (QED) is 0.252. The molecule has 142 valence electrons. The molecule has 24 heavy (non-hydrogen) atoms. The van der Waals surface area contributed by atoms with Crippen LogP contribution in [-0.4, -0.2) is 22.0 Å². The van der Waals surface area contributed by atoms with Gasteiger partial charge in [-0.2, -0.15) is 23.5 Å². The van der Waals surface area contributed by atoms with E-state index in [9.17, 15) is 0 Å². The van der Waals surface area contributed by atoms with Crippen molar-refractivity contribution in [1.82, 2.24) is 0 Å². The number of hydrogen-bond donors (Lipinski definition) is 0. The van der Waals surface area contributed by atoms with Crippen LogP contribution in [0, 0.1) is 12.8 Å². The average molecular weight is 371 g/mol. The number of hydrogen-bond acceptors (Lipinski definition) is 2. The molecule has 1 fully saturated rings. The SMILES string of the molecule is CCCCCCCCSC1[CH]CC(SCCCCCCCC)[CH]C1. The lowest BCUT2D eigenvalue weighted by atomic mass is 10.00. The maximum Gasteiger partial charge on any atom is 0.00819 e. The van der Waals surface area contributed by atoms with E-state index < -0.39 is 0 Å². The molecule has 0 aromatic carbocycles. The van der Waals surface area contributed by atoms with E-state index in [-0.39, 0.29) is 0 Å². The summed E-state index contributed by atoms with van der Waals surface area (Å²) < 4.78 is 0. The molecule has 0 heterocycles. The molecule has 0 bridgehead atoms. The molecular weight excluding hydrogens is 328 g/mol. The van der Waals surface area contributed by atoms with Gasteiger partial charge in [0.25, 0.3) is 0 Å². The molecule has 2 heteroatoms. The van der Waals surface area contributed by atoms with Gasteiger partial charge >= 0.3 is 0 Å². The fraction of sp³-hybridized carbons (Fsp3) is 0.909. The lowest BCUT2D eigenvalue weighted by Crippen LogP contribution is -2.20. The van der Waals surface area contributed by atoms with Gasteiger partial charge in [-0.25, -0.2) is 0 Å². The molecule has 2 radical (unpaired) electrons. The smallest absolute Gasteiger partial charge is 0.00819 e. The van der Waals surface area contributed by atoms with Crippen LogP contribution >= 0.6 is 23.5 Å². The second kappa shape index (κ2) is 17.1. The molecule has 0 aliphatic heterocycles. The summed E-state index contributed by atoms with van der Waals surface area (Å²) >= 11 is 4.41. The van der Waals surface area contributed by atoms with Crippen LogP contribution in [0.15, 0.2) is 0 Å². The minimum atomic E-state index is 0.812. The maximum atomic E-state index is 2.61. The minimum Gasteiger partial charge on any atom is -0.158 e. The number of thioether (sulfide) groups is 2. The Morgan fingerprint density at radius 1 is 0.583 bits per heavy atom. The van der Waals surface area contributed by atoms with Gasteiger partial charge in [-0.1, -0.05) is 78.1 Å². The first kappa shape index (κ1) is 22.7. The summed E-state index contributed by atoms with van der Waals surface area (Å²) in [5, 5.41) is 1.62. The van der Waals surface area contributed by atoms with E-state index >= 15 is 0 Å². The lowest BCUT2D eigenvalue weighted by molar-refractivity contribution is 0.625. The predicted molar refractivity (Wildman–Crippen MR) is 117 cm³/mol. The zero-order chi connectivity index (χ0) is 17.3. The third-order valence-electron chi connectivity index (χ3n) is 4.92. The van der Waals surface area contributed by atoms with E-state index in [1.54, 1.807) is 0 Å². The molecule has 2 unspecified atom stereocenters. The molecule has 0 nitrogen and oxygen atoms in total. The van der Waals surface area contributed by atoms with E-state index in [1.165, 1.54) is 101 Å². The van der Waals surface area contributed by atoms with Crippen molar-refractivity contribution in [3.8, 4) is 0 Å². The number of unbranched alkanes of at least 4 members (excludes halogenated alkanes) is 10. The van der Waals surface area contributed by atoms with Crippen LogP contribution in [-0.2, 0) is 0 Å². The summed E-state index contributed by atoms with van der Waals surface area (Å²) in [4.78, 5) is 0. The minimum absolute atomic E-state index is 0.812. The molecule has 1 aliphatic carbocycles. The molecule has 1 rings (SSSR count). The van der Waals surface area contributed by atoms with Crippen molar-refractivity contribution in [2.75, 3.05) is 11.5 Å². The third-order valence-corrected chi connectivity index (χ3v) is 7.60. The van der Waals surface area contributed by atoms with Crippen molar-refractivity contribution in [2.24, 2.45) is 0 Å². The van der Waals surface area contributed by atoms with E-state index in [1.807, 2.05) is 0 Å². The van der Waals surface area contributed by atoms with Gasteiger partial charge in [0.2, 0.25) is 0 Å². The fourth-order valence-corrected chi connectivity index (χ4v) is 5.61. The topological polar surface area (TPSA) is 0 Å². The van der Waals surface area contributed by atoms with Gasteiger partial charge < -0.3 is 0 Å². The summed E-state index contributed by atoms with van der Waals surface area (Å²) in [6, 6.07) is 0. The van der Waals surface area contributed by atoms with Crippen LogP contribution in [0.25, 0.3) is 0 Å². The van der Waals surface area contributed by atoms with Crippen LogP contribution < -0.4 is 0 Å². The highest BCUT2D eigenvalue weighted by Gasteiger charge is 2.21. The van der Waals surface area contributed by atoms with Gasteiger partial charge in [0.15, 0.2) is 0 Å². The van der Waals surface area contributed by atoms with Crippen molar-refractivity contribution >= 4 is 23.5 Å². The van der Waals surface area contributed by atoms with Crippen molar-refractivity contribution in [1.29, 1.82) is 0 Å². The van der Waals surface area contributed by atoms with Gasteiger partial charge in [-0.15, -0.1) is 0 Å². The highest BCUT2D eigenvalue weighted by molar-refractivity contribution is 8.00. The highest BCUT2D eigenvalue weighted by atomic mass is 32.2. The molecule has 0 saturated heterocycles. The Morgan fingerprint density at radius 3 is 1.33 bits per heavy atom. The summed E-state index contributed by atoms with van der Waals surface area (Å²) in [6.07, 6.45) is 25.0. The van der Waals surface area contributed by atoms with Crippen LogP contribution in [0.5, 0.6) is 0 Å². The zero-order valence-corrected chi connectivity index (χ0v) is 18.1. The first-order chi connectivity index (χ1) is 11.9. The van der Waals surface area contributed by atoms with Gasteiger partial charge in [0.1, 0.15) is 0 Å². The Labute approximate surface area is 162 Å². The Morgan fingerprint density at radius 2 is 0.958 bits per heavy atom. The van der Waals surface area contributed by atoms with Crippen LogP contribution in [0.2, 0.25) is 0 Å². The lowest BCUT2D eigenvalue weighted by Gasteiger charge is -2.27. The Balaban J connectivity index is 1.85. The first-order valence-corrected chi connectivity index (χ1v) is 12.9. The Kier molecular flexibility index (Phi) is 16.2. The third kappa shape index (κ3) is 13.0. The van der Waals surface area contributed by atoms with Crippen LogP contribution in [0.3, 0.4) is 0 Å². The molecular formula is C22H42S2. The summed E-state index contributed by atoms with van der Waals surface area (Å²) in [6.45, 7) is 4.59. The van der Waals surface area contributed by atoms with Gasteiger partial charge in [-0.3, -0.25) is 0 Å². The summed E-state index contributed by atoms with van der Waals surface area (Å²) in [7, 11) is 0. The summed E-state index contributed by atoms with van der Waals surface area (Å²) in [5.41, 5.74) is 0.